The molecule has 2 heterocycles. The third kappa shape index (κ3) is 11.0. The van der Waals surface area contributed by atoms with E-state index in [4.69, 9.17) is 0 Å². The topological polar surface area (TPSA) is 270 Å². The Morgan fingerprint density at radius 3 is 1.66 bits per heavy atom. The SMILES string of the molecule is CC(C)C[C@@H]1NC(=O)[C@@H](C(C)C)NC(=O)[C@H](CS(=O)(=O)O)NC(=O)[C@@H](CS(=O)(=O)O)NC(=O)[C@@H](Cc2c[nH]c3ccccc23)NC1=O. The van der Waals surface area contributed by atoms with Gasteiger partial charge in [0.1, 0.15) is 41.7 Å². The highest BCUT2D eigenvalue weighted by Crippen LogP contribution is 2.20. The monoisotopic (exact) mass is 700 g/mol. The number of rotatable bonds is 9. The quantitative estimate of drug-likeness (QED) is 0.141. The van der Waals surface area contributed by atoms with E-state index in [1.807, 2.05) is 5.32 Å². The summed E-state index contributed by atoms with van der Waals surface area (Å²) < 4.78 is 66.4. The first kappa shape index (κ1) is 37.4. The van der Waals surface area contributed by atoms with E-state index in [9.17, 15) is 49.9 Å². The fourth-order valence-electron chi connectivity index (χ4n) is 5.09. The molecule has 1 aromatic heterocycles. The summed E-state index contributed by atoms with van der Waals surface area (Å²) in [5.74, 6) is -8.95. The fourth-order valence-corrected chi connectivity index (χ4v) is 6.40. The first-order chi connectivity index (χ1) is 21.7. The molecule has 0 spiro atoms. The maximum Gasteiger partial charge on any atom is 0.267 e. The highest BCUT2D eigenvalue weighted by molar-refractivity contribution is 7.86. The van der Waals surface area contributed by atoms with Gasteiger partial charge in [-0.25, -0.2) is 0 Å². The van der Waals surface area contributed by atoms with Gasteiger partial charge in [0, 0.05) is 23.5 Å². The van der Waals surface area contributed by atoms with E-state index >= 15 is 0 Å². The summed E-state index contributed by atoms with van der Waals surface area (Å²) >= 11 is 0. The Labute approximate surface area is 271 Å². The summed E-state index contributed by atoms with van der Waals surface area (Å²) in [6, 6.07) is -1.19. The molecule has 1 aliphatic rings. The van der Waals surface area contributed by atoms with Gasteiger partial charge in [-0.05, 0) is 29.9 Å². The number of nitrogens with one attached hydrogen (secondary N) is 6. The molecule has 0 bridgehead atoms. The van der Waals surface area contributed by atoms with Crippen LogP contribution in [0.15, 0.2) is 30.5 Å². The first-order valence-electron chi connectivity index (χ1n) is 14.7. The summed E-state index contributed by atoms with van der Waals surface area (Å²) in [5, 5.41) is 12.3. The molecule has 0 unspecified atom stereocenters. The molecule has 0 saturated carbocycles. The van der Waals surface area contributed by atoms with E-state index in [1.54, 1.807) is 58.2 Å². The van der Waals surface area contributed by atoms with Crippen molar-refractivity contribution >= 4 is 60.7 Å². The molecule has 19 heteroatoms. The molecule has 1 aromatic carbocycles. The van der Waals surface area contributed by atoms with Crippen LogP contribution in [0.4, 0.5) is 0 Å². The van der Waals surface area contributed by atoms with Crippen LogP contribution in [0.1, 0.15) is 39.7 Å². The van der Waals surface area contributed by atoms with Gasteiger partial charge < -0.3 is 31.6 Å². The molecule has 1 fully saturated rings. The first-order valence-corrected chi connectivity index (χ1v) is 17.9. The fraction of sp³-hybridized carbons (Fsp3) is 0.536. The number of carbonyl (C=O) groups is 5. The van der Waals surface area contributed by atoms with E-state index in [0.29, 0.717) is 16.5 Å². The Kier molecular flexibility index (Phi) is 12.1. The number of carbonyl (C=O) groups excluding carboxylic acids is 5. The van der Waals surface area contributed by atoms with Crippen molar-refractivity contribution in [3.8, 4) is 0 Å². The molecule has 260 valence electrons. The van der Waals surface area contributed by atoms with Crippen molar-refractivity contribution in [2.45, 2.75) is 70.7 Å². The number of amides is 5. The molecular weight excluding hydrogens is 660 g/mol. The van der Waals surface area contributed by atoms with Crippen LogP contribution in [0.25, 0.3) is 10.9 Å². The zero-order chi connectivity index (χ0) is 35.3. The van der Waals surface area contributed by atoms with Gasteiger partial charge in [0.25, 0.3) is 20.2 Å². The van der Waals surface area contributed by atoms with E-state index in [-0.39, 0.29) is 18.8 Å². The second-order valence-electron chi connectivity index (χ2n) is 12.2. The van der Waals surface area contributed by atoms with Crippen molar-refractivity contribution in [1.29, 1.82) is 0 Å². The van der Waals surface area contributed by atoms with Gasteiger partial charge in [-0.3, -0.25) is 33.1 Å². The lowest BCUT2D eigenvalue weighted by molar-refractivity contribution is -0.134. The molecule has 2 aromatic rings. The standard InChI is InChI=1S/C28H40N6O11S2/c1-14(2)9-19-24(35)30-20(10-16-11-29-18-8-6-5-7-17(16)18)25(36)32-21(12-46(40,41)42)26(37)33-22(13-47(43,44)45)27(38)34-23(15(3)4)28(39)31-19/h5-8,11,14-15,19-23,29H,9-10,12-13H2,1-4H3,(H,30,35)(H,31,39)(H,32,36)(H,33,37)(H,34,38)(H,40,41,42)(H,43,44,45)/t19-,20+,21+,22-,23+/m0/s1. The van der Waals surface area contributed by atoms with Crippen LogP contribution in [-0.4, -0.2) is 102 Å². The van der Waals surface area contributed by atoms with Gasteiger partial charge in [-0.2, -0.15) is 16.8 Å². The Balaban J connectivity index is 2.15. The number of H-pyrrole nitrogens is 1. The molecule has 5 atom stereocenters. The summed E-state index contributed by atoms with van der Waals surface area (Å²) in [4.78, 5) is 70.4. The molecule has 5 amide bonds. The van der Waals surface area contributed by atoms with Crippen molar-refractivity contribution in [3.05, 3.63) is 36.0 Å². The lowest BCUT2D eigenvalue weighted by Crippen LogP contribution is -2.60. The smallest absolute Gasteiger partial charge is 0.267 e. The average molecular weight is 701 g/mol. The zero-order valence-corrected chi connectivity index (χ0v) is 27.8. The Morgan fingerprint density at radius 2 is 1.13 bits per heavy atom. The van der Waals surface area contributed by atoms with Crippen LogP contribution in [-0.2, 0) is 50.6 Å². The number of benzene rings is 1. The molecule has 1 aliphatic heterocycles. The van der Waals surface area contributed by atoms with Crippen molar-refractivity contribution in [1.82, 2.24) is 31.6 Å². The molecule has 8 N–H and O–H groups in total. The maximum absolute atomic E-state index is 13.7. The van der Waals surface area contributed by atoms with E-state index < -0.39 is 97.4 Å². The highest BCUT2D eigenvalue weighted by atomic mass is 32.2. The number of hydrogen-bond donors (Lipinski definition) is 8. The van der Waals surface area contributed by atoms with E-state index in [0.717, 1.165) is 0 Å². The molecule has 0 radical (unpaired) electrons. The lowest BCUT2D eigenvalue weighted by atomic mass is 9.98. The van der Waals surface area contributed by atoms with Gasteiger partial charge in [-0.1, -0.05) is 45.9 Å². The minimum atomic E-state index is -4.98. The van der Waals surface area contributed by atoms with Crippen molar-refractivity contribution < 1.29 is 49.9 Å². The largest absolute Gasteiger partial charge is 0.361 e. The minimum absolute atomic E-state index is 0.0918. The van der Waals surface area contributed by atoms with Crippen LogP contribution in [0.2, 0.25) is 0 Å². The Bertz CT molecular complexity index is 1720. The van der Waals surface area contributed by atoms with Crippen molar-refractivity contribution in [2.75, 3.05) is 11.5 Å². The number of hydrogen-bond acceptors (Lipinski definition) is 9. The van der Waals surface area contributed by atoms with Crippen LogP contribution in [0.3, 0.4) is 0 Å². The van der Waals surface area contributed by atoms with Crippen LogP contribution in [0.5, 0.6) is 0 Å². The predicted molar refractivity (Wildman–Crippen MR) is 169 cm³/mol. The van der Waals surface area contributed by atoms with Crippen molar-refractivity contribution in [2.24, 2.45) is 11.8 Å². The zero-order valence-electron chi connectivity index (χ0n) is 26.1. The Hall–Kier alpha value is -4.07. The Morgan fingerprint density at radius 1 is 0.660 bits per heavy atom. The molecule has 1 saturated heterocycles. The number of fused-ring (bicyclic) bond motifs is 1. The molecule has 47 heavy (non-hydrogen) atoms. The second kappa shape index (κ2) is 15.2. The summed E-state index contributed by atoms with van der Waals surface area (Å²) in [5.41, 5.74) is 1.27. The van der Waals surface area contributed by atoms with E-state index in [2.05, 4.69) is 26.3 Å². The highest BCUT2D eigenvalue weighted by Gasteiger charge is 2.38. The second-order valence-corrected chi connectivity index (χ2v) is 15.2. The lowest BCUT2D eigenvalue weighted by Gasteiger charge is -2.28. The van der Waals surface area contributed by atoms with Crippen LogP contribution >= 0.6 is 0 Å². The van der Waals surface area contributed by atoms with Gasteiger partial charge in [0.2, 0.25) is 29.5 Å². The van der Waals surface area contributed by atoms with Gasteiger partial charge in [0.05, 0.1) is 0 Å². The average Bonchev–Trinajstić information content (AvgIpc) is 3.34. The normalized spacial score (nSPS) is 24.2. The summed E-state index contributed by atoms with van der Waals surface area (Å²) in [6.45, 7) is 6.66. The summed E-state index contributed by atoms with van der Waals surface area (Å²) in [6.07, 6.45) is 1.51. The molecule has 3 rings (SSSR count). The number of aromatic amines is 1. The minimum Gasteiger partial charge on any atom is -0.361 e. The molecular formula is C28H40N6O11S2. The van der Waals surface area contributed by atoms with Gasteiger partial charge in [-0.15, -0.1) is 0 Å². The van der Waals surface area contributed by atoms with Crippen LogP contribution < -0.4 is 26.6 Å². The molecule has 0 aliphatic carbocycles. The third-order valence-corrected chi connectivity index (χ3v) is 8.85. The van der Waals surface area contributed by atoms with Crippen LogP contribution in [0, 0.1) is 11.8 Å². The molecule has 17 nitrogen and oxygen atoms in total. The predicted octanol–water partition coefficient (Wildman–Crippen LogP) is -1.37. The number of para-hydroxylation sites is 1. The van der Waals surface area contributed by atoms with Gasteiger partial charge >= 0.3 is 0 Å². The maximum atomic E-state index is 13.7. The van der Waals surface area contributed by atoms with Gasteiger partial charge in [0.15, 0.2) is 0 Å². The summed E-state index contributed by atoms with van der Waals surface area (Å²) in [7, 11) is -9.93. The van der Waals surface area contributed by atoms with Crippen molar-refractivity contribution in [3.63, 3.8) is 0 Å². The third-order valence-electron chi connectivity index (χ3n) is 7.34. The number of aromatic nitrogens is 1. The van der Waals surface area contributed by atoms with E-state index in [1.165, 1.54) is 0 Å².